The van der Waals surface area contributed by atoms with Crippen LogP contribution in [-0.4, -0.2) is 59.9 Å². The zero-order valence-electron chi connectivity index (χ0n) is 16.4. The quantitative estimate of drug-likeness (QED) is 0.809. The lowest BCUT2D eigenvalue weighted by atomic mass is 10.0. The number of aryl methyl sites for hydroxylation is 1. The molecule has 0 N–H and O–H groups in total. The van der Waals surface area contributed by atoms with Gasteiger partial charge in [-0.15, -0.1) is 0 Å². The van der Waals surface area contributed by atoms with Gasteiger partial charge in [-0.3, -0.25) is 4.79 Å². The van der Waals surface area contributed by atoms with Gasteiger partial charge in [-0.25, -0.2) is 9.97 Å². The molecule has 0 saturated carbocycles. The molecule has 3 heterocycles. The molecule has 1 aromatic heterocycles. The number of piperidine rings is 1. The molecule has 1 spiro atoms. The Bertz CT molecular complexity index is 827. The first-order valence-corrected chi connectivity index (χ1v) is 9.73. The van der Waals surface area contributed by atoms with Crippen LogP contribution in [0.3, 0.4) is 0 Å². The number of aromatic nitrogens is 2. The Labute approximate surface area is 165 Å². The average molecular weight is 382 g/mol. The van der Waals surface area contributed by atoms with E-state index in [4.69, 9.17) is 9.47 Å². The Morgan fingerprint density at radius 3 is 2.50 bits per heavy atom. The van der Waals surface area contributed by atoms with E-state index in [2.05, 4.69) is 22.1 Å². The van der Waals surface area contributed by atoms with Crippen molar-refractivity contribution in [3.8, 4) is 0 Å². The van der Waals surface area contributed by atoms with Gasteiger partial charge in [0.15, 0.2) is 5.79 Å². The summed E-state index contributed by atoms with van der Waals surface area (Å²) < 4.78 is 11.5. The second-order valence-corrected chi connectivity index (χ2v) is 7.40. The topological polar surface area (TPSA) is 67.8 Å². The molecule has 0 radical (unpaired) electrons. The Morgan fingerprint density at radius 2 is 1.82 bits per heavy atom. The summed E-state index contributed by atoms with van der Waals surface area (Å²) in [5.74, 6) is 0.791. The fourth-order valence-corrected chi connectivity index (χ4v) is 3.79. The van der Waals surface area contributed by atoms with Crippen LogP contribution in [0.25, 0.3) is 0 Å². The molecule has 2 aliphatic rings. The van der Waals surface area contributed by atoms with Crippen LogP contribution in [0, 0.1) is 6.92 Å². The molecular weight excluding hydrogens is 356 g/mol. The molecule has 2 saturated heterocycles. The highest BCUT2D eigenvalue weighted by Crippen LogP contribution is 2.31. The minimum atomic E-state index is -0.487. The first-order chi connectivity index (χ1) is 13.5. The predicted octanol–water partition coefficient (Wildman–Crippen LogP) is 2.40. The van der Waals surface area contributed by atoms with Crippen molar-refractivity contribution in [2.45, 2.75) is 32.1 Å². The van der Waals surface area contributed by atoms with Gasteiger partial charge < -0.3 is 19.3 Å². The van der Waals surface area contributed by atoms with Crippen LogP contribution in [0.4, 0.5) is 5.82 Å². The van der Waals surface area contributed by atoms with Gasteiger partial charge in [0.25, 0.3) is 5.91 Å². The fraction of sp³-hybridized carbons (Fsp3) is 0.476. The van der Waals surface area contributed by atoms with Crippen LogP contribution in [0.1, 0.15) is 34.7 Å². The van der Waals surface area contributed by atoms with Crippen LogP contribution in [-0.2, 0) is 16.0 Å². The number of ether oxygens (including phenoxy) is 2. The number of amides is 1. The van der Waals surface area contributed by atoms with Gasteiger partial charge in [-0.2, -0.15) is 0 Å². The summed E-state index contributed by atoms with van der Waals surface area (Å²) in [6, 6.07) is 12.0. The molecule has 4 rings (SSSR count). The smallest absolute Gasteiger partial charge is 0.272 e. The van der Waals surface area contributed by atoms with E-state index < -0.39 is 5.79 Å². The van der Waals surface area contributed by atoms with Crippen molar-refractivity contribution >= 4 is 11.7 Å². The summed E-state index contributed by atoms with van der Waals surface area (Å²) in [7, 11) is 1.97. The van der Waals surface area contributed by atoms with Crippen molar-refractivity contribution in [1.29, 1.82) is 0 Å². The molecule has 2 aromatic rings. The summed E-state index contributed by atoms with van der Waals surface area (Å²) in [6.45, 7) is 5.02. The number of nitrogens with zero attached hydrogens (tertiary/aromatic N) is 4. The highest BCUT2D eigenvalue weighted by molar-refractivity contribution is 5.93. The maximum atomic E-state index is 13.0. The van der Waals surface area contributed by atoms with Crippen molar-refractivity contribution in [2.24, 2.45) is 0 Å². The van der Waals surface area contributed by atoms with Crippen LogP contribution in [0.5, 0.6) is 0 Å². The van der Waals surface area contributed by atoms with E-state index in [9.17, 15) is 4.79 Å². The third-order valence-electron chi connectivity index (χ3n) is 5.32. The van der Waals surface area contributed by atoms with E-state index >= 15 is 0 Å². The SMILES string of the molecule is Cc1nc(C(=O)N2CCC3(CC2)OCCO3)cc(N(C)Cc2ccccc2)n1. The second kappa shape index (κ2) is 7.85. The van der Waals surface area contributed by atoms with Crippen molar-refractivity contribution in [3.05, 3.63) is 53.5 Å². The fourth-order valence-electron chi connectivity index (χ4n) is 3.79. The molecule has 1 amide bonds. The molecular formula is C21H26N4O3. The summed E-state index contributed by atoms with van der Waals surface area (Å²) in [4.78, 5) is 25.8. The number of benzene rings is 1. The average Bonchev–Trinajstić information content (AvgIpc) is 3.16. The van der Waals surface area contributed by atoms with Gasteiger partial charge in [-0.1, -0.05) is 30.3 Å². The molecule has 0 atom stereocenters. The molecule has 28 heavy (non-hydrogen) atoms. The number of likely N-dealkylation sites (tertiary alicyclic amines) is 1. The van der Waals surface area contributed by atoms with Crippen LogP contribution >= 0.6 is 0 Å². The Kier molecular flexibility index (Phi) is 5.28. The van der Waals surface area contributed by atoms with Crippen LogP contribution in [0.2, 0.25) is 0 Å². The molecule has 0 unspecified atom stereocenters. The number of carbonyl (C=O) groups is 1. The third-order valence-corrected chi connectivity index (χ3v) is 5.32. The predicted molar refractivity (Wildman–Crippen MR) is 105 cm³/mol. The van der Waals surface area contributed by atoms with Gasteiger partial charge in [0.1, 0.15) is 17.3 Å². The van der Waals surface area contributed by atoms with E-state index in [-0.39, 0.29) is 5.91 Å². The number of anilines is 1. The Hall–Kier alpha value is -2.51. The molecule has 2 aliphatic heterocycles. The van der Waals surface area contributed by atoms with E-state index in [1.165, 1.54) is 5.56 Å². The monoisotopic (exact) mass is 382 g/mol. The highest BCUT2D eigenvalue weighted by atomic mass is 16.7. The lowest BCUT2D eigenvalue weighted by Gasteiger charge is -2.37. The van der Waals surface area contributed by atoms with Crippen molar-refractivity contribution in [3.63, 3.8) is 0 Å². The normalized spacial score (nSPS) is 18.4. The first-order valence-electron chi connectivity index (χ1n) is 9.73. The summed E-state index contributed by atoms with van der Waals surface area (Å²) >= 11 is 0. The number of rotatable bonds is 4. The molecule has 0 aliphatic carbocycles. The molecule has 7 heteroatoms. The maximum Gasteiger partial charge on any atom is 0.272 e. The van der Waals surface area contributed by atoms with Gasteiger partial charge in [0.05, 0.1) is 13.2 Å². The Morgan fingerprint density at radius 1 is 1.14 bits per heavy atom. The van der Waals surface area contributed by atoms with Crippen LogP contribution in [0.15, 0.2) is 36.4 Å². The summed E-state index contributed by atoms with van der Waals surface area (Å²) in [6.07, 6.45) is 1.40. The van der Waals surface area contributed by atoms with Crippen molar-refractivity contribution < 1.29 is 14.3 Å². The summed E-state index contributed by atoms with van der Waals surface area (Å²) in [5.41, 5.74) is 1.62. The largest absolute Gasteiger partial charge is 0.355 e. The molecule has 148 valence electrons. The molecule has 7 nitrogen and oxygen atoms in total. The standard InChI is InChI=1S/C21H26N4O3/c1-16-22-18(14-19(23-16)24(2)15-17-6-4-3-5-7-17)20(26)25-10-8-21(9-11-25)27-12-13-28-21/h3-7,14H,8-13,15H2,1-2H3. The van der Waals surface area contributed by atoms with Crippen LogP contribution < -0.4 is 4.90 Å². The van der Waals surface area contributed by atoms with Gasteiger partial charge in [-0.05, 0) is 12.5 Å². The second-order valence-electron chi connectivity index (χ2n) is 7.40. The molecule has 0 bridgehead atoms. The molecule has 2 fully saturated rings. The van der Waals surface area contributed by atoms with Gasteiger partial charge >= 0.3 is 0 Å². The third kappa shape index (κ3) is 4.00. The maximum absolute atomic E-state index is 13.0. The zero-order valence-corrected chi connectivity index (χ0v) is 16.4. The number of hydrogen-bond donors (Lipinski definition) is 0. The van der Waals surface area contributed by atoms with E-state index in [0.717, 1.165) is 5.82 Å². The van der Waals surface area contributed by atoms with Crippen molar-refractivity contribution in [2.75, 3.05) is 38.3 Å². The molecule has 1 aromatic carbocycles. The lowest BCUT2D eigenvalue weighted by Crippen LogP contribution is -2.47. The van der Waals surface area contributed by atoms with E-state index in [1.54, 1.807) is 6.07 Å². The number of carbonyl (C=O) groups excluding carboxylic acids is 1. The minimum absolute atomic E-state index is 0.0623. The summed E-state index contributed by atoms with van der Waals surface area (Å²) in [5, 5.41) is 0. The minimum Gasteiger partial charge on any atom is -0.355 e. The van der Waals surface area contributed by atoms with E-state index in [0.29, 0.717) is 57.2 Å². The lowest BCUT2D eigenvalue weighted by molar-refractivity contribution is -0.181. The van der Waals surface area contributed by atoms with E-state index in [1.807, 2.05) is 42.0 Å². The highest BCUT2D eigenvalue weighted by Gasteiger charge is 2.41. The van der Waals surface area contributed by atoms with Gasteiger partial charge in [0.2, 0.25) is 0 Å². The zero-order chi connectivity index (χ0) is 19.6. The first kappa shape index (κ1) is 18.8. The Balaban J connectivity index is 1.46. The number of hydrogen-bond acceptors (Lipinski definition) is 6. The van der Waals surface area contributed by atoms with Crippen molar-refractivity contribution in [1.82, 2.24) is 14.9 Å². The van der Waals surface area contributed by atoms with Gasteiger partial charge in [0, 0.05) is 45.6 Å².